The Bertz CT molecular complexity index is 765. The molecule has 4 nitrogen and oxygen atoms in total. The molecule has 0 bridgehead atoms. The van der Waals surface area contributed by atoms with E-state index in [2.05, 4.69) is 43.2 Å². The molecule has 1 aromatic carbocycles. The van der Waals surface area contributed by atoms with Crippen molar-refractivity contribution in [2.24, 2.45) is 0 Å². The van der Waals surface area contributed by atoms with Gasteiger partial charge in [-0.2, -0.15) is 5.10 Å². The van der Waals surface area contributed by atoms with Crippen LogP contribution < -0.4 is 0 Å². The van der Waals surface area contributed by atoms with Crippen LogP contribution in [0.25, 0.3) is 6.08 Å². The summed E-state index contributed by atoms with van der Waals surface area (Å²) >= 11 is 0. The smallest absolute Gasteiger partial charge is 0.246 e. The Morgan fingerprint density at radius 3 is 2.44 bits per heavy atom. The molecule has 0 radical (unpaired) electrons. The number of amides is 1. The van der Waals surface area contributed by atoms with E-state index in [1.165, 1.54) is 17.5 Å². The normalized spacial score (nSPS) is 15.1. The summed E-state index contributed by atoms with van der Waals surface area (Å²) in [4.78, 5) is 14.3. The van der Waals surface area contributed by atoms with Gasteiger partial charge in [-0.05, 0) is 51.7 Å². The highest BCUT2D eigenvalue weighted by Gasteiger charge is 2.15. The predicted molar refractivity (Wildman–Crippen MR) is 101 cm³/mol. The molecule has 4 heteroatoms. The van der Waals surface area contributed by atoms with E-state index in [1.807, 2.05) is 22.6 Å². The lowest BCUT2D eigenvalue weighted by Gasteiger charge is -2.25. The summed E-state index contributed by atoms with van der Waals surface area (Å²) < 4.78 is 2.02. The largest absolute Gasteiger partial charge is 0.339 e. The lowest BCUT2D eigenvalue weighted by molar-refractivity contribution is -0.126. The fourth-order valence-electron chi connectivity index (χ4n) is 3.35. The lowest BCUT2D eigenvalue weighted by Crippen LogP contribution is -2.34. The van der Waals surface area contributed by atoms with E-state index in [9.17, 15) is 4.79 Å². The first-order valence-electron chi connectivity index (χ1n) is 9.11. The zero-order valence-corrected chi connectivity index (χ0v) is 15.5. The number of aryl methyl sites for hydroxylation is 2. The Balaban J connectivity index is 1.73. The van der Waals surface area contributed by atoms with E-state index in [0.717, 1.165) is 49.4 Å². The molecule has 132 valence electrons. The average molecular weight is 337 g/mol. The topological polar surface area (TPSA) is 38.1 Å². The quantitative estimate of drug-likeness (QED) is 0.794. The van der Waals surface area contributed by atoms with Crippen LogP contribution in [0.3, 0.4) is 0 Å². The van der Waals surface area contributed by atoms with Crippen molar-refractivity contribution in [3.8, 4) is 0 Å². The van der Waals surface area contributed by atoms with Gasteiger partial charge in [0.25, 0.3) is 0 Å². The van der Waals surface area contributed by atoms with Crippen molar-refractivity contribution in [3.63, 3.8) is 0 Å². The molecule has 1 amide bonds. The zero-order chi connectivity index (χ0) is 17.8. The standard InChI is InChI=1S/C21H27N3O/c1-16-7-9-19(10-8-16)15-24-18(3)20(17(2)22-24)11-12-21(25)23-13-5-4-6-14-23/h7-12H,4-6,13-15H2,1-3H3/b12-11+. The molecule has 0 saturated carbocycles. The molecular formula is C21H27N3O. The van der Waals surface area contributed by atoms with E-state index >= 15 is 0 Å². The van der Waals surface area contributed by atoms with Gasteiger partial charge >= 0.3 is 0 Å². The molecule has 0 spiro atoms. The minimum absolute atomic E-state index is 0.116. The average Bonchev–Trinajstić information content (AvgIpc) is 2.89. The third kappa shape index (κ3) is 4.19. The van der Waals surface area contributed by atoms with E-state index in [1.54, 1.807) is 6.08 Å². The van der Waals surface area contributed by atoms with Crippen LogP contribution in [0.15, 0.2) is 30.3 Å². The minimum Gasteiger partial charge on any atom is -0.339 e. The number of benzene rings is 1. The second kappa shape index (κ2) is 7.68. The molecule has 1 aliphatic heterocycles. The number of hydrogen-bond donors (Lipinski definition) is 0. The summed E-state index contributed by atoms with van der Waals surface area (Å²) in [6, 6.07) is 8.53. The molecule has 0 N–H and O–H groups in total. The summed E-state index contributed by atoms with van der Waals surface area (Å²) in [7, 11) is 0. The van der Waals surface area contributed by atoms with Gasteiger partial charge < -0.3 is 4.90 Å². The summed E-state index contributed by atoms with van der Waals surface area (Å²) in [5.74, 6) is 0.116. The predicted octanol–water partition coefficient (Wildman–Crippen LogP) is 3.88. The van der Waals surface area contributed by atoms with Gasteiger partial charge in [-0.3, -0.25) is 9.48 Å². The lowest BCUT2D eigenvalue weighted by atomic mass is 10.1. The number of carbonyl (C=O) groups excluding carboxylic acids is 1. The van der Waals surface area contributed by atoms with Gasteiger partial charge in [0, 0.05) is 30.4 Å². The van der Waals surface area contributed by atoms with Crippen molar-refractivity contribution < 1.29 is 4.79 Å². The maximum Gasteiger partial charge on any atom is 0.246 e. The van der Waals surface area contributed by atoms with Crippen molar-refractivity contribution >= 4 is 12.0 Å². The second-order valence-electron chi connectivity index (χ2n) is 6.95. The third-order valence-electron chi connectivity index (χ3n) is 4.95. The van der Waals surface area contributed by atoms with Crippen LogP contribution in [0.2, 0.25) is 0 Å². The first kappa shape index (κ1) is 17.5. The molecule has 25 heavy (non-hydrogen) atoms. The highest BCUT2D eigenvalue weighted by molar-refractivity contribution is 5.92. The Hall–Kier alpha value is -2.36. The third-order valence-corrected chi connectivity index (χ3v) is 4.95. The first-order chi connectivity index (χ1) is 12.0. The van der Waals surface area contributed by atoms with E-state index < -0.39 is 0 Å². The maximum atomic E-state index is 12.3. The van der Waals surface area contributed by atoms with Crippen LogP contribution >= 0.6 is 0 Å². The van der Waals surface area contributed by atoms with Gasteiger partial charge in [0.2, 0.25) is 5.91 Å². The van der Waals surface area contributed by atoms with Crippen molar-refractivity contribution in [1.82, 2.24) is 14.7 Å². The summed E-state index contributed by atoms with van der Waals surface area (Å²) in [6.07, 6.45) is 7.11. The summed E-state index contributed by atoms with van der Waals surface area (Å²) in [5, 5.41) is 4.66. The molecule has 0 atom stereocenters. The van der Waals surface area contributed by atoms with Crippen LogP contribution in [0.1, 0.15) is 47.3 Å². The van der Waals surface area contributed by atoms with Crippen LogP contribution in [0, 0.1) is 20.8 Å². The van der Waals surface area contributed by atoms with Crippen molar-refractivity contribution in [2.45, 2.75) is 46.6 Å². The molecule has 0 unspecified atom stereocenters. The van der Waals surface area contributed by atoms with Crippen molar-refractivity contribution in [1.29, 1.82) is 0 Å². The molecule has 1 aliphatic rings. The number of hydrogen-bond acceptors (Lipinski definition) is 2. The SMILES string of the molecule is Cc1ccc(Cn2nc(C)c(/C=C/C(=O)N3CCCCC3)c2C)cc1. The number of piperidine rings is 1. The molecule has 1 aromatic heterocycles. The Morgan fingerprint density at radius 1 is 1.08 bits per heavy atom. The van der Waals surface area contributed by atoms with E-state index in [-0.39, 0.29) is 5.91 Å². The molecule has 3 rings (SSSR count). The van der Waals surface area contributed by atoms with Gasteiger partial charge in [0.1, 0.15) is 0 Å². The molecule has 1 saturated heterocycles. The van der Waals surface area contributed by atoms with Crippen LogP contribution in [0.4, 0.5) is 0 Å². The fourth-order valence-corrected chi connectivity index (χ4v) is 3.35. The highest BCUT2D eigenvalue weighted by atomic mass is 16.2. The number of carbonyl (C=O) groups is 1. The number of rotatable bonds is 4. The number of nitrogens with zero attached hydrogens (tertiary/aromatic N) is 3. The number of aromatic nitrogens is 2. The minimum atomic E-state index is 0.116. The van der Waals surface area contributed by atoms with Crippen LogP contribution in [0.5, 0.6) is 0 Å². The first-order valence-corrected chi connectivity index (χ1v) is 9.11. The summed E-state index contributed by atoms with van der Waals surface area (Å²) in [6.45, 7) is 8.68. The van der Waals surface area contributed by atoms with Crippen molar-refractivity contribution in [2.75, 3.05) is 13.1 Å². The molecule has 2 aromatic rings. The zero-order valence-electron chi connectivity index (χ0n) is 15.5. The van der Waals surface area contributed by atoms with E-state index in [4.69, 9.17) is 0 Å². The molecular weight excluding hydrogens is 310 g/mol. The molecule has 0 aliphatic carbocycles. The van der Waals surface area contributed by atoms with Gasteiger partial charge in [0.15, 0.2) is 0 Å². The van der Waals surface area contributed by atoms with Gasteiger partial charge in [-0.25, -0.2) is 0 Å². The monoisotopic (exact) mass is 337 g/mol. The Labute approximate surface area is 150 Å². The maximum absolute atomic E-state index is 12.3. The van der Waals surface area contributed by atoms with Gasteiger partial charge in [0.05, 0.1) is 12.2 Å². The Morgan fingerprint density at radius 2 is 1.76 bits per heavy atom. The van der Waals surface area contributed by atoms with Crippen LogP contribution in [-0.4, -0.2) is 33.7 Å². The van der Waals surface area contributed by atoms with Gasteiger partial charge in [-0.1, -0.05) is 29.8 Å². The fraction of sp³-hybridized carbons (Fsp3) is 0.429. The van der Waals surface area contributed by atoms with E-state index in [0.29, 0.717) is 0 Å². The van der Waals surface area contributed by atoms with Gasteiger partial charge in [-0.15, -0.1) is 0 Å². The molecule has 1 fully saturated rings. The highest BCUT2D eigenvalue weighted by Crippen LogP contribution is 2.17. The van der Waals surface area contributed by atoms with Crippen LogP contribution in [-0.2, 0) is 11.3 Å². The Kier molecular flexibility index (Phi) is 5.37. The summed E-state index contributed by atoms with van der Waals surface area (Å²) in [5.41, 5.74) is 5.61. The molecule has 2 heterocycles. The second-order valence-corrected chi connectivity index (χ2v) is 6.95. The number of likely N-dealkylation sites (tertiary alicyclic amines) is 1. The van der Waals surface area contributed by atoms with Crippen molar-refractivity contribution in [3.05, 3.63) is 58.4 Å².